The number of aryl methyl sites for hydroxylation is 2. The van der Waals surface area contributed by atoms with E-state index in [0.717, 1.165) is 40.7 Å². The Bertz CT molecular complexity index is 523. The molecule has 18 heavy (non-hydrogen) atoms. The second-order valence-corrected chi connectivity index (χ2v) is 5.11. The van der Waals surface area contributed by atoms with Crippen LogP contribution in [-0.4, -0.2) is 20.2 Å². The lowest BCUT2D eigenvalue weighted by molar-refractivity contribution is 0.564. The first kappa shape index (κ1) is 12.9. The molecule has 0 aliphatic heterocycles. The summed E-state index contributed by atoms with van der Waals surface area (Å²) in [5.41, 5.74) is 7.99. The lowest BCUT2D eigenvalue weighted by Gasteiger charge is -2.07. The molecule has 2 N–H and O–H groups in total. The van der Waals surface area contributed by atoms with Gasteiger partial charge in [0.15, 0.2) is 5.82 Å². The van der Waals surface area contributed by atoms with Crippen LogP contribution in [0.2, 0.25) is 0 Å². The average Bonchev–Trinajstić information content (AvgIpc) is 2.79. The van der Waals surface area contributed by atoms with E-state index in [2.05, 4.69) is 22.4 Å². The van der Waals surface area contributed by atoms with Gasteiger partial charge in [0.25, 0.3) is 0 Å². The van der Waals surface area contributed by atoms with Crippen molar-refractivity contribution >= 4 is 17.4 Å². The Morgan fingerprint density at radius 3 is 3.00 bits per heavy atom. The maximum atomic E-state index is 6.04. The molecule has 0 atom stereocenters. The fourth-order valence-corrected chi connectivity index (χ4v) is 2.62. The van der Waals surface area contributed by atoms with Gasteiger partial charge in [-0.2, -0.15) is 0 Å². The van der Waals surface area contributed by atoms with E-state index in [4.69, 9.17) is 5.73 Å². The van der Waals surface area contributed by atoms with E-state index < -0.39 is 0 Å². The summed E-state index contributed by atoms with van der Waals surface area (Å²) in [6.45, 7) is 4.98. The summed E-state index contributed by atoms with van der Waals surface area (Å²) in [4.78, 5) is 1.08. The van der Waals surface area contributed by atoms with Gasteiger partial charge in [0.1, 0.15) is 0 Å². The molecule has 0 amide bonds. The molecule has 0 spiro atoms. The largest absolute Gasteiger partial charge is 0.398 e. The van der Waals surface area contributed by atoms with E-state index in [1.807, 2.05) is 29.8 Å². The molecule has 1 aromatic heterocycles. The van der Waals surface area contributed by atoms with E-state index in [1.54, 1.807) is 11.8 Å². The molecule has 0 saturated heterocycles. The zero-order valence-corrected chi connectivity index (χ0v) is 11.4. The zero-order valence-electron chi connectivity index (χ0n) is 10.6. The molecule has 0 radical (unpaired) electrons. The highest BCUT2D eigenvalue weighted by Gasteiger charge is 2.08. The predicted molar refractivity (Wildman–Crippen MR) is 73.3 cm³/mol. The Balaban J connectivity index is 2.07. The van der Waals surface area contributed by atoms with Crippen molar-refractivity contribution < 1.29 is 0 Å². The first-order valence-corrected chi connectivity index (χ1v) is 6.94. The molecular formula is C12H17N5S. The van der Waals surface area contributed by atoms with Gasteiger partial charge in [-0.3, -0.25) is 0 Å². The minimum Gasteiger partial charge on any atom is -0.398 e. The van der Waals surface area contributed by atoms with Crippen LogP contribution in [0.15, 0.2) is 23.1 Å². The van der Waals surface area contributed by atoms with Crippen LogP contribution in [0.4, 0.5) is 5.69 Å². The number of para-hydroxylation sites is 1. The number of hydrogen-bond donors (Lipinski definition) is 1. The molecule has 0 aliphatic rings. The molecule has 2 rings (SSSR count). The molecular weight excluding hydrogens is 246 g/mol. The van der Waals surface area contributed by atoms with Crippen LogP contribution in [-0.2, 0) is 12.3 Å². The second-order valence-electron chi connectivity index (χ2n) is 4.09. The molecule has 1 aromatic carbocycles. The highest BCUT2D eigenvalue weighted by atomic mass is 32.2. The number of thioether (sulfide) groups is 1. The molecule has 1 heterocycles. The smallest absolute Gasteiger partial charge is 0.161 e. The minimum absolute atomic E-state index is 0.737. The maximum absolute atomic E-state index is 6.04. The van der Waals surface area contributed by atoms with Crippen LogP contribution < -0.4 is 5.73 Å². The molecule has 0 bridgehead atoms. The van der Waals surface area contributed by atoms with E-state index in [0.29, 0.717) is 0 Å². The van der Waals surface area contributed by atoms with Crippen LogP contribution in [0.3, 0.4) is 0 Å². The number of hydrogen-bond acceptors (Lipinski definition) is 5. The summed E-state index contributed by atoms with van der Waals surface area (Å²) in [5, 5.41) is 11.7. The fourth-order valence-electron chi connectivity index (χ4n) is 1.63. The SMILES string of the molecule is CCCn1nnnc1CSc1cccc(C)c1N. The van der Waals surface area contributed by atoms with E-state index in [9.17, 15) is 0 Å². The molecule has 0 aliphatic carbocycles. The Hall–Kier alpha value is -1.56. The van der Waals surface area contributed by atoms with E-state index in [-0.39, 0.29) is 0 Å². The van der Waals surface area contributed by atoms with Gasteiger partial charge in [-0.15, -0.1) is 16.9 Å². The van der Waals surface area contributed by atoms with Gasteiger partial charge in [-0.25, -0.2) is 4.68 Å². The molecule has 0 unspecified atom stereocenters. The van der Waals surface area contributed by atoms with Crippen molar-refractivity contribution in [2.75, 3.05) is 5.73 Å². The Morgan fingerprint density at radius 2 is 2.22 bits per heavy atom. The van der Waals surface area contributed by atoms with Crippen LogP contribution in [0.5, 0.6) is 0 Å². The average molecular weight is 263 g/mol. The molecule has 2 aromatic rings. The number of anilines is 1. The summed E-state index contributed by atoms with van der Waals surface area (Å²) < 4.78 is 1.85. The number of nitrogens with two attached hydrogens (primary N) is 1. The lowest BCUT2D eigenvalue weighted by Crippen LogP contribution is -2.04. The fraction of sp³-hybridized carbons (Fsp3) is 0.417. The quantitative estimate of drug-likeness (QED) is 0.662. The first-order valence-electron chi connectivity index (χ1n) is 5.95. The number of rotatable bonds is 5. The van der Waals surface area contributed by atoms with Gasteiger partial charge < -0.3 is 5.73 Å². The topological polar surface area (TPSA) is 69.6 Å². The monoisotopic (exact) mass is 263 g/mol. The van der Waals surface area contributed by atoms with Gasteiger partial charge >= 0.3 is 0 Å². The van der Waals surface area contributed by atoms with E-state index >= 15 is 0 Å². The van der Waals surface area contributed by atoms with Crippen LogP contribution in [0, 0.1) is 6.92 Å². The number of benzene rings is 1. The van der Waals surface area contributed by atoms with Crippen molar-refractivity contribution in [3.63, 3.8) is 0 Å². The van der Waals surface area contributed by atoms with Crippen molar-refractivity contribution in [2.24, 2.45) is 0 Å². The zero-order chi connectivity index (χ0) is 13.0. The van der Waals surface area contributed by atoms with Gasteiger partial charge in [0.05, 0.1) is 5.75 Å². The first-order chi connectivity index (χ1) is 8.72. The van der Waals surface area contributed by atoms with Crippen molar-refractivity contribution in [3.8, 4) is 0 Å². The number of nitrogens with zero attached hydrogens (tertiary/aromatic N) is 4. The van der Waals surface area contributed by atoms with Gasteiger partial charge in [-0.05, 0) is 35.4 Å². The van der Waals surface area contributed by atoms with Gasteiger partial charge in [0, 0.05) is 17.1 Å². The highest BCUT2D eigenvalue weighted by molar-refractivity contribution is 7.98. The number of tetrazole rings is 1. The summed E-state index contributed by atoms with van der Waals surface area (Å²) in [7, 11) is 0. The minimum atomic E-state index is 0.737. The van der Waals surface area contributed by atoms with Crippen LogP contribution in [0.1, 0.15) is 24.7 Å². The summed E-state index contributed by atoms with van der Waals surface area (Å²) in [6.07, 6.45) is 1.02. The highest BCUT2D eigenvalue weighted by Crippen LogP contribution is 2.29. The van der Waals surface area contributed by atoms with Gasteiger partial charge in [-0.1, -0.05) is 19.1 Å². The predicted octanol–water partition coefficient (Wildman–Crippen LogP) is 2.27. The molecule has 5 nitrogen and oxygen atoms in total. The van der Waals surface area contributed by atoms with E-state index in [1.165, 1.54) is 0 Å². The van der Waals surface area contributed by atoms with Crippen molar-refractivity contribution in [2.45, 2.75) is 37.5 Å². The lowest BCUT2D eigenvalue weighted by atomic mass is 10.2. The van der Waals surface area contributed by atoms with Crippen molar-refractivity contribution in [1.29, 1.82) is 0 Å². The van der Waals surface area contributed by atoms with Crippen LogP contribution in [0.25, 0.3) is 0 Å². The third kappa shape index (κ3) is 2.81. The molecule has 0 fully saturated rings. The standard InChI is InChI=1S/C12H17N5S/c1-3-7-17-11(14-15-16-17)8-18-10-6-4-5-9(2)12(10)13/h4-6H,3,7-8,13H2,1-2H3. The second kappa shape index (κ2) is 5.86. The summed E-state index contributed by atoms with van der Waals surface area (Å²) >= 11 is 1.67. The Labute approximate surface area is 111 Å². The van der Waals surface area contributed by atoms with Crippen molar-refractivity contribution in [1.82, 2.24) is 20.2 Å². The van der Waals surface area contributed by atoms with Crippen molar-refractivity contribution in [3.05, 3.63) is 29.6 Å². The summed E-state index contributed by atoms with van der Waals surface area (Å²) in [5.74, 6) is 1.63. The van der Waals surface area contributed by atoms with Gasteiger partial charge in [0.2, 0.25) is 0 Å². The third-order valence-corrected chi connectivity index (χ3v) is 3.75. The third-order valence-electron chi connectivity index (χ3n) is 2.68. The molecule has 0 saturated carbocycles. The molecule has 6 heteroatoms. The molecule has 96 valence electrons. The van der Waals surface area contributed by atoms with Crippen LogP contribution >= 0.6 is 11.8 Å². The number of aromatic nitrogens is 4. The maximum Gasteiger partial charge on any atom is 0.161 e. The Morgan fingerprint density at radius 1 is 1.39 bits per heavy atom. The number of nitrogen functional groups attached to an aromatic ring is 1. The summed E-state index contributed by atoms with van der Waals surface area (Å²) in [6, 6.07) is 6.06. The Kier molecular flexibility index (Phi) is 4.19. The normalized spacial score (nSPS) is 10.8.